The Bertz CT molecular complexity index is 530. The molecule has 0 aromatic heterocycles. The van der Waals surface area contributed by atoms with Crippen LogP contribution in [-0.2, 0) is 0 Å². The Morgan fingerprint density at radius 2 is 2.10 bits per heavy atom. The van der Waals surface area contributed by atoms with Crippen molar-refractivity contribution in [1.29, 1.82) is 0 Å². The van der Waals surface area contributed by atoms with Crippen molar-refractivity contribution >= 4 is 17.3 Å². The maximum atomic E-state index is 13.4. The predicted molar refractivity (Wildman–Crippen MR) is 86.5 cm³/mol. The molecule has 1 N–H and O–H groups in total. The largest absolute Gasteiger partial charge is 0.365 e. The molecule has 2 atom stereocenters. The summed E-state index contributed by atoms with van der Waals surface area (Å²) >= 11 is 5.99. The Balaban J connectivity index is 1.91. The third-order valence-electron chi connectivity index (χ3n) is 5.10. The second kappa shape index (κ2) is 5.44. The average Bonchev–Trinajstić information content (AvgIpc) is 3.26. The molecule has 1 aromatic carbocycles. The van der Waals surface area contributed by atoms with Gasteiger partial charge in [0.2, 0.25) is 0 Å². The number of hydrogen-bond donors (Lipinski definition) is 1. The molecular weight excluding hydrogens is 287 g/mol. The summed E-state index contributed by atoms with van der Waals surface area (Å²) in [7, 11) is 0. The van der Waals surface area contributed by atoms with Crippen LogP contribution in [0, 0.1) is 17.7 Å². The lowest BCUT2D eigenvalue weighted by molar-refractivity contribution is 0.233. The number of rotatable bonds is 3. The number of nitrogens with one attached hydrogen (secondary N) is 1. The van der Waals surface area contributed by atoms with Crippen LogP contribution < -0.4 is 10.2 Å². The highest BCUT2D eigenvalue weighted by atomic mass is 35.5. The number of hydrogen-bond acceptors (Lipinski definition) is 2. The Labute approximate surface area is 131 Å². The fraction of sp³-hybridized carbons (Fsp3) is 0.647. The topological polar surface area (TPSA) is 15.3 Å². The zero-order chi connectivity index (χ0) is 15.2. The molecule has 0 spiro atoms. The first-order valence-corrected chi connectivity index (χ1v) is 8.25. The summed E-state index contributed by atoms with van der Waals surface area (Å²) in [6.45, 7) is 8.73. The highest BCUT2D eigenvalue weighted by Crippen LogP contribution is 2.42. The second-order valence-electron chi connectivity index (χ2n) is 7.11. The summed E-state index contributed by atoms with van der Waals surface area (Å²) in [6, 6.07) is 5.52. The van der Waals surface area contributed by atoms with Crippen LogP contribution in [0.25, 0.3) is 0 Å². The summed E-state index contributed by atoms with van der Waals surface area (Å²) in [4.78, 5) is 2.42. The van der Waals surface area contributed by atoms with E-state index in [1.54, 1.807) is 6.07 Å². The molecule has 0 amide bonds. The Morgan fingerprint density at radius 1 is 1.38 bits per heavy atom. The molecule has 4 heteroatoms. The Kier molecular flexibility index (Phi) is 3.91. The molecular formula is C17H24ClFN2. The van der Waals surface area contributed by atoms with E-state index >= 15 is 0 Å². The van der Waals surface area contributed by atoms with E-state index in [2.05, 4.69) is 31.0 Å². The normalized spacial score (nSPS) is 30.0. The van der Waals surface area contributed by atoms with Crippen molar-refractivity contribution in [1.82, 2.24) is 5.32 Å². The standard InChI is InChI=1S/C17H24ClFN2/c1-11(2)16-9-20-17(3,12-4-5-12)10-21(16)13-6-7-15(19)14(18)8-13/h6-8,11-12,16,20H,4-5,9-10H2,1-3H3. The molecule has 2 fully saturated rings. The summed E-state index contributed by atoms with van der Waals surface area (Å²) in [6.07, 6.45) is 2.63. The molecule has 0 radical (unpaired) electrons. The van der Waals surface area contributed by atoms with E-state index in [9.17, 15) is 4.39 Å². The van der Waals surface area contributed by atoms with Crippen LogP contribution in [-0.4, -0.2) is 24.7 Å². The van der Waals surface area contributed by atoms with Gasteiger partial charge in [0.1, 0.15) is 5.82 Å². The Morgan fingerprint density at radius 3 is 2.67 bits per heavy atom. The quantitative estimate of drug-likeness (QED) is 0.905. The minimum Gasteiger partial charge on any atom is -0.365 e. The zero-order valence-corrected chi connectivity index (χ0v) is 13.8. The van der Waals surface area contributed by atoms with E-state index in [1.165, 1.54) is 18.9 Å². The fourth-order valence-corrected chi connectivity index (χ4v) is 3.69. The molecule has 1 heterocycles. The summed E-state index contributed by atoms with van der Waals surface area (Å²) in [5.74, 6) is 0.954. The van der Waals surface area contributed by atoms with E-state index in [1.807, 2.05) is 6.07 Å². The third-order valence-corrected chi connectivity index (χ3v) is 5.39. The monoisotopic (exact) mass is 310 g/mol. The van der Waals surface area contributed by atoms with Gasteiger partial charge in [-0.15, -0.1) is 0 Å². The highest BCUT2D eigenvalue weighted by Gasteiger charge is 2.46. The molecule has 1 aliphatic carbocycles. The van der Waals surface area contributed by atoms with Gasteiger partial charge in [-0.2, -0.15) is 0 Å². The summed E-state index contributed by atoms with van der Waals surface area (Å²) in [5.41, 5.74) is 1.19. The van der Waals surface area contributed by atoms with E-state index in [0.29, 0.717) is 12.0 Å². The maximum Gasteiger partial charge on any atom is 0.141 e. The molecule has 0 bridgehead atoms. The van der Waals surface area contributed by atoms with Crippen LogP contribution in [0.3, 0.4) is 0 Å². The minimum atomic E-state index is -0.346. The van der Waals surface area contributed by atoms with Crippen molar-refractivity contribution in [2.45, 2.75) is 45.2 Å². The molecule has 1 saturated heterocycles. The van der Waals surface area contributed by atoms with Crippen LogP contribution in [0.15, 0.2) is 18.2 Å². The van der Waals surface area contributed by atoms with Gasteiger partial charge in [0.25, 0.3) is 0 Å². The Hall–Kier alpha value is -0.800. The molecule has 1 aliphatic heterocycles. The average molecular weight is 311 g/mol. The van der Waals surface area contributed by atoms with E-state index in [4.69, 9.17) is 11.6 Å². The number of halogens is 2. The smallest absolute Gasteiger partial charge is 0.141 e. The third kappa shape index (κ3) is 2.91. The molecule has 1 aromatic rings. The SMILES string of the molecule is CC(C)C1CNC(C)(C2CC2)CN1c1ccc(F)c(Cl)c1. The first-order valence-electron chi connectivity index (χ1n) is 7.87. The highest BCUT2D eigenvalue weighted by molar-refractivity contribution is 6.31. The molecule has 3 rings (SSSR count). The predicted octanol–water partition coefficient (Wildman–Crippen LogP) is 4.08. The van der Waals surface area contributed by atoms with Gasteiger partial charge in [-0.05, 0) is 49.8 Å². The van der Waals surface area contributed by atoms with Gasteiger partial charge < -0.3 is 10.2 Å². The summed E-state index contributed by atoms with van der Waals surface area (Å²) in [5, 5.41) is 3.98. The van der Waals surface area contributed by atoms with Crippen molar-refractivity contribution in [3.8, 4) is 0 Å². The molecule has 116 valence electrons. The maximum absolute atomic E-state index is 13.4. The van der Waals surface area contributed by atoms with Crippen LogP contribution in [0.4, 0.5) is 10.1 Å². The fourth-order valence-electron chi connectivity index (χ4n) is 3.51. The second-order valence-corrected chi connectivity index (χ2v) is 7.52. The van der Waals surface area contributed by atoms with Gasteiger partial charge in [0.15, 0.2) is 0 Å². The van der Waals surface area contributed by atoms with Crippen LogP contribution in [0.2, 0.25) is 5.02 Å². The van der Waals surface area contributed by atoms with Crippen molar-refractivity contribution in [2.75, 3.05) is 18.0 Å². The van der Waals surface area contributed by atoms with Gasteiger partial charge in [-0.3, -0.25) is 0 Å². The van der Waals surface area contributed by atoms with Crippen molar-refractivity contribution < 1.29 is 4.39 Å². The number of anilines is 1. The number of nitrogens with zero attached hydrogens (tertiary/aromatic N) is 1. The first kappa shape index (κ1) is 15.1. The van der Waals surface area contributed by atoms with Gasteiger partial charge in [0.05, 0.1) is 5.02 Å². The van der Waals surface area contributed by atoms with E-state index in [-0.39, 0.29) is 16.4 Å². The number of benzene rings is 1. The lowest BCUT2D eigenvalue weighted by Gasteiger charge is -2.49. The zero-order valence-electron chi connectivity index (χ0n) is 13.0. The van der Waals surface area contributed by atoms with Crippen molar-refractivity contribution in [2.24, 2.45) is 11.8 Å². The lowest BCUT2D eigenvalue weighted by Crippen LogP contribution is -2.65. The summed E-state index contributed by atoms with van der Waals surface area (Å²) < 4.78 is 13.4. The van der Waals surface area contributed by atoms with Gasteiger partial charge in [-0.25, -0.2) is 4.39 Å². The molecule has 2 aliphatic rings. The van der Waals surface area contributed by atoms with E-state index < -0.39 is 0 Å². The molecule has 21 heavy (non-hydrogen) atoms. The molecule has 2 nitrogen and oxygen atoms in total. The molecule has 1 saturated carbocycles. The van der Waals surface area contributed by atoms with Crippen LogP contribution >= 0.6 is 11.6 Å². The van der Waals surface area contributed by atoms with Gasteiger partial charge >= 0.3 is 0 Å². The lowest BCUT2D eigenvalue weighted by atomic mass is 9.87. The van der Waals surface area contributed by atoms with Crippen LogP contribution in [0.5, 0.6) is 0 Å². The van der Waals surface area contributed by atoms with E-state index in [0.717, 1.165) is 24.7 Å². The van der Waals surface area contributed by atoms with Gasteiger partial charge in [0, 0.05) is 30.4 Å². The first-order chi connectivity index (χ1) is 9.90. The number of piperazine rings is 1. The van der Waals surface area contributed by atoms with Crippen LogP contribution in [0.1, 0.15) is 33.6 Å². The van der Waals surface area contributed by atoms with Crippen molar-refractivity contribution in [3.05, 3.63) is 29.0 Å². The van der Waals surface area contributed by atoms with Crippen molar-refractivity contribution in [3.63, 3.8) is 0 Å². The minimum absolute atomic E-state index is 0.159. The molecule has 2 unspecified atom stereocenters. The van der Waals surface area contributed by atoms with Gasteiger partial charge in [-0.1, -0.05) is 25.4 Å².